The Bertz CT molecular complexity index is 192. The molecule has 1 saturated heterocycles. The molecule has 1 atom stereocenters. The van der Waals surface area contributed by atoms with Gasteiger partial charge in [-0.2, -0.15) is 0 Å². The topological polar surface area (TPSA) is 69.6 Å². The van der Waals surface area contributed by atoms with Crippen LogP contribution in [0.5, 0.6) is 0 Å². The Hall–Kier alpha value is -1.10. The molecule has 1 fully saturated rings. The highest BCUT2D eigenvalue weighted by atomic mass is 16.5. The fourth-order valence-electron chi connectivity index (χ4n) is 1.19. The molecule has 11 heavy (non-hydrogen) atoms. The summed E-state index contributed by atoms with van der Waals surface area (Å²) < 4.78 is 0. The molecule has 1 heterocycles. The molecule has 0 radical (unpaired) electrons. The summed E-state index contributed by atoms with van der Waals surface area (Å²) in [5.41, 5.74) is 1.53. The predicted octanol–water partition coefficient (Wildman–Crippen LogP) is -0.887. The van der Waals surface area contributed by atoms with Gasteiger partial charge in [-0.1, -0.05) is 0 Å². The minimum atomic E-state index is -0.515. The first kappa shape index (κ1) is 8.00. The van der Waals surface area contributed by atoms with E-state index >= 15 is 0 Å². The average molecular weight is 158 g/mol. The van der Waals surface area contributed by atoms with Crippen LogP contribution in [0.4, 0.5) is 0 Å². The maximum atomic E-state index is 10.9. The third kappa shape index (κ3) is 1.32. The highest BCUT2D eigenvalue weighted by Gasteiger charge is 2.32. The summed E-state index contributed by atoms with van der Waals surface area (Å²) in [6.07, 6.45) is 0.871. The predicted molar refractivity (Wildman–Crippen MR) is 35.7 cm³/mol. The number of nitrogens with zero attached hydrogens (tertiary/aromatic N) is 1. The second kappa shape index (κ2) is 2.87. The summed E-state index contributed by atoms with van der Waals surface area (Å²) in [6.45, 7) is 0. The van der Waals surface area contributed by atoms with E-state index in [1.165, 1.54) is 10.4 Å². The van der Waals surface area contributed by atoms with E-state index in [1.54, 1.807) is 7.05 Å². The third-order valence-electron chi connectivity index (χ3n) is 1.91. The Morgan fingerprint density at radius 2 is 2.45 bits per heavy atom. The molecule has 5 nitrogen and oxygen atoms in total. The van der Waals surface area contributed by atoms with E-state index < -0.39 is 11.9 Å². The van der Waals surface area contributed by atoms with Crippen LogP contribution >= 0.6 is 0 Å². The minimum absolute atomic E-state index is 0.0569. The van der Waals surface area contributed by atoms with Gasteiger partial charge >= 0.3 is 0 Å². The van der Waals surface area contributed by atoms with Crippen molar-refractivity contribution in [2.45, 2.75) is 18.9 Å². The van der Waals surface area contributed by atoms with Gasteiger partial charge in [0.1, 0.15) is 6.04 Å². The summed E-state index contributed by atoms with van der Waals surface area (Å²) in [7, 11) is 1.55. The van der Waals surface area contributed by atoms with Gasteiger partial charge in [0.05, 0.1) is 0 Å². The number of nitrogens with one attached hydrogen (secondary N) is 1. The van der Waals surface area contributed by atoms with Crippen LogP contribution in [0.25, 0.3) is 0 Å². The molecule has 0 aromatic heterocycles. The van der Waals surface area contributed by atoms with Crippen molar-refractivity contribution in [2.24, 2.45) is 0 Å². The van der Waals surface area contributed by atoms with Crippen LogP contribution in [0, 0.1) is 0 Å². The highest BCUT2D eigenvalue weighted by molar-refractivity contribution is 5.90. The van der Waals surface area contributed by atoms with Crippen molar-refractivity contribution in [1.29, 1.82) is 0 Å². The minimum Gasteiger partial charge on any atom is -0.334 e. The lowest BCUT2D eigenvalue weighted by Crippen LogP contribution is -2.41. The van der Waals surface area contributed by atoms with E-state index in [-0.39, 0.29) is 5.91 Å². The first-order valence-corrected chi connectivity index (χ1v) is 3.36. The number of hydrogen-bond donors (Lipinski definition) is 2. The molecule has 1 unspecified atom stereocenters. The van der Waals surface area contributed by atoms with Gasteiger partial charge in [-0.3, -0.25) is 14.8 Å². The molecule has 62 valence electrons. The van der Waals surface area contributed by atoms with Crippen LogP contribution in [0.3, 0.4) is 0 Å². The van der Waals surface area contributed by atoms with Crippen LogP contribution in [-0.4, -0.2) is 35.0 Å². The van der Waals surface area contributed by atoms with Crippen molar-refractivity contribution >= 4 is 11.8 Å². The molecule has 0 aromatic rings. The molecule has 0 spiro atoms. The van der Waals surface area contributed by atoms with Crippen molar-refractivity contribution in [3.8, 4) is 0 Å². The lowest BCUT2D eigenvalue weighted by Gasteiger charge is -2.16. The normalized spacial score (nSPS) is 24.0. The second-order valence-electron chi connectivity index (χ2n) is 2.54. The average Bonchev–Trinajstić information content (AvgIpc) is 2.32. The van der Waals surface area contributed by atoms with Crippen molar-refractivity contribution in [1.82, 2.24) is 10.4 Å². The summed E-state index contributed by atoms with van der Waals surface area (Å²) >= 11 is 0. The van der Waals surface area contributed by atoms with Crippen LogP contribution in [-0.2, 0) is 9.59 Å². The van der Waals surface area contributed by atoms with Gasteiger partial charge in [0.15, 0.2) is 0 Å². The molecule has 0 aliphatic carbocycles. The second-order valence-corrected chi connectivity index (χ2v) is 2.54. The van der Waals surface area contributed by atoms with Crippen molar-refractivity contribution in [2.75, 3.05) is 7.05 Å². The zero-order valence-corrected chi connectivity index (χ0v) is 6.20. The monoisotopic (exact) mass is 158 g/mol. The molecule has 1 aliphatic rings. The van der Waals surface area contributed by atoms with Gasteiger partial charge in [0, 0.05) is 13.5 Å². The largest absolute Gasteiger partial charge is 0.334 e. The first-order valence-electron chi connectivity index (χ1n) is 3.36. The molecule has 5 heteroatoms. The number of amides is 2. The smallest absolute Gasteiger partial charge is 0.266 e. The lowest BCUT2D eigenvalue weighted by atomic mass is 10.2. The molecular formula is C6H10N2O3. The Morgan fingerprint density at radius 3 is 2.82 bits per heavy atom. The fourth-order valence-corrected chi connectivity index (χ4v) is 1.19. The summed E-state index contributed by atoms with van der Waals surface area (Å²) in [6, 6.07) is -0.493. The summed E-state index contributed by atoms with van der Waals surface area (Å²) in [5, 5.41) is 8.26. The highest BCUT2D eigenvalue weighted by Crippen LogP contribution is 2.15. The van der Waals surface area contributed by atoms with E-state index in [1.807, 2.05) is 0 Å². The molecule has 0 bridgehead atoms. The molecule has 2 N–H and O–H groups in total. The molecule has 0 saturated carbocycles. The molecule has 1 rings (SSSR count). The van der Waals surface area contributed by atoms with E-state index in [2.05, 4.69) is 0 Å². The van der Waals surface area contributed by atoms with Crippen LogP contribution in [0.2, 0.25) is 0 Å². The van der Waals surface area contributed by atoms with E-state index in [4.69, 9.17) is 5.21 Å². The lowest BCUT2D eigenvalue weighted by molar-refractivity contribution is -0.138. The zero-order valence-electron chi connectivity index (χ0n) is 6.20. The van der Waals surface area contributed by atoms with Gasteiger partial charge < -0.3 is 4.90 Å². The number of likely N-dealkylation sites (N-methyl/N-ethyl adjacent to an activating group) is 1. The van der Waals surface area contributed by atoms with Gasteiger partial charge in [0.2, 0.25) is 5.91 Å². The Morgan fingerprint density at radius 1 is 1.82 bits per heavy atom. The van der Waals surface area contributed by atoms with E-state index in [0.29, 0.717) is 12.8 Å². The van der Waals surface area contributed by atoms with Crippen molar-refractivity contribution in [3.05, 3.63) is 0 Å². The van der Waals surface area contributed by atoms with Gasteiger partial charge in [-0.15, -0.1) is 0 Å². The van der Waals surface area contributed by atoms with Gasteiger partial charge in [-0.25, -0.2) is 5.48 Å². The van der Waals surface area contributed by atoms with Gasteiger partial charge in [-0.05, 0) is 6.42 Å². The van der Waals surface area contributed by atoms with Gasteiger partial charge in [0.25, 0.3) is 5.91 Å². The van der Waals surface area contributed by atoms with E-state index in [9.17, 15) is 9.59 Å². The van der Waals surface area contributed by atoms with Crippen molar-refractivity contribution in [3.63, 3.8) is 0 Å². The Kier molecular flexibility index (Phi) is 2.09. The number of likely N-dealkylation sites (tertiary alicyclic amines) is 1. The molecule has 2 amide bonds. The maximum absolute atomic E-state index is 10.9. The number of carbonyl (C=O) groups is 2. The number of hydroxylamine groups is 1. The SMILES string of the molecule is CN1C(=O)CCC1C(=O)NO. The fraction of sp³-hybridized carbons (Fsp3) is 0.667. The summed E-state index contributed by atoms with van der Waals surface area (Å²) in [4.78, 5) is 23.0. The van der Waals surface area contributed by atoms with Crippen LogP contribution in [0.1, 0.15) is 12.8 Å². The van der Waals surface area contributed by atoms with Crippen LogP contribution in [0.15, 0.2) is 0 Å². The zero-order chi connectivity index (χ0) is 8.43. The first-order chi connectivity index (χ1) is 5.16. The van der Waals surface area contributed by atoms with Crippen LogP contribution < -0.4 is 5.48 Å². The molecular weight excluding hydrogens is 148 g/mol. The Balaban J connectivity index is 2.61. The number of hydrogen-bond acceptors (Lipinski definition) is 3. The Labute approximate surface area is 63.9 Å². The maximum Gasteiger partial charge on any atom is 0.266 e. The van der Waals surface area contributed by atoms with E-state index in [0.717, 1.165) is 0 Å². The molecule has 1 aliphatic heterocycles. The number of carbonyl (C=O) groups excluding carboxylic acids is 2. The standard InChI is InChI=1S/C6H10N2O3/c1-8-4(6(10)7-11)2-3-5(8)9/h4,11H,2-3H2,1H3,(H,7,10). The van der Waals surface area contributed by atoms with Crippen molar-refractivity contribution < 1.29 is 14.8 Å². The number of rotatable bonds is 1. The molecule has 0 aromatic carbocycles. The summed E-state index contributed by atoms with van der Waals surface area (Å²) in [5.74, 6) is -0.572. The third-order valence-corrected chi connectivity index (χ3v) is 1.91. The quantitative estimate of drug-likeness (QED) is 0.384.